The van der Waals surface area contributed by atoms with Crippen molar-refractivity contribution in [2.45, 2.75) is 40.2 Å². The van der Waals surface area contributed by atoms with E-state index < -0.39 is 11.4 Å². The van der Waals surface area contributed by atoms with Crippen LogP contribution in [0, 0.1) is 19.7 Å². The number of aromatic amines is 1. The number of amides is 1. The third-order valence-electron chi connectivity index (χ3n) is 3.98. The number of nitrogens with one attached hydrogen (secondary N) is 3. The summed E-state index contributed by atoms with van der Waals surface area (Å²) < 4.78 is 18.8. The van der Waals surface area contributed by atoms with Gasteiger partial charge in [0.25, 0.3) is 5.91 Å². The van der Waals surface area contributed by atoms with Crippen LogP contribution >= 0.6 is 0 Å². The van der Waals surface area contributed by atoms with Gasteiger partial charge in [0.1, 0.15) is 17.1 Å². The van der Waals surface area contributed by atoms with E-state index in [0.29, 0.717) is 34.0 Å². The largest absolute Gasteiger partial charge is 0.361 e. The third-order valence-corrected chi connectivity index (χ3v) is 3.98. The highest BCUT2D eigenvalue weighted by molar-refractivity contribution is 6.10. The number of carbonyl (C=O) groups excluding carboxylic acids is 1. The second-order valence-corrected chi connectivity index (χ2v) is 7.64. The average Bonchev–Trinajstić information content (AvgIpc) is 3.25. The van der Waals surface area contributed by atoms with Crippen LogP contribution < -0.4 is 10.6 Å². The molecule has 0 saturated carbocycles. The lowest BCUT2D eigenvalue weighted by atomic mass is 10.1. The van der Waals surface area contributed by atoms with Crippen LogP contribution in [-0.2, 0) is 0 Å². The van der Waals surface area contributed by atoms with Gasteiger partial charge in [-0.1, -0.05) is 17.3 Å². The first-order chi connectivity index (χ1) is 13.6. The topological polar surface area (TPSA) is 108 Å². The number of H-pyrrole nitrogens is 1. The van der Waals surface area contributed by atoms with Crippen molar-refractivity contribution < 1.29 is 13.7 Å². The van der Waals surface area contributed by atoms with Gasteiger partial charge < -0.3 is 9.84 Å². The van der Waals surface area contributed by atoms with E-state index in [1.54, 1.807) is 32.0 Å². The normalized spacial score (nSPS) is 12.1. The predicted octanol–water partition coefficient (Wildman–Crippen LogP) is 3.82. The number of hydrogen-bond donors (Lipinski definition) is 3. The highest BCUT2D eigenvalue weighted by Gasteiger charge is 2.18. The zero-order valence-electron chi connectivity index (χ0n) is 16.9. The summed E-state index contributed by atoms with van der Waals surface area (Å²) >= 11 is 0. The molecule has 0 saturated heterocycles. The quantitative estimate of drug-likeness (QED) is 0.459. The molecule has 0 atom stereocenters. The minimum Gasteiger partial charge on any atom is -0.361 e. The highest BCUT2D eigenvalue weighted by atomic mass is 19.1. The Kier molecular flexibility index (Phi) is 5.49. The minimum absolute atomic E-state index is 0.219. The molecule has 8 nitrogen and oxygen atoms in total. The lowest BCUT2D eigenvalue weighted by Crippen LogP contribution is -2.38. The molecule has 0 radical (unpaired) electrons. The number of guanidine groups is 1. The van der Waals surface area contributed by atoms with E-state index in [2.05, 4.69) is 31.0 Å². The maximum Gasteiger partial charge on any atom is 0.263 e. The average molecular weight is 398 g/mol. The molecule has 0 fully saturated rings. The molecule has 1 amide bonds. The van der Waals surface area contributed by atoms with Crippen molar-refractivity contribution in [2.24, 2.45) is 4.99 Å². The number of halogens is 1. The zero-order valence-corrected chi connectivity index (χ0v) is 16.9. The summed E-state index contributed by atoms with van der Waals surface area (Å²) in [5, 5.41) is 16.4. The molecule has 2 aromatic heterocycles. The SMILES string of the molecule is Cc1ccc(-c2cc(NC(=NC(C)(C)C)NC(=O)c3cnoc3C)n[nH]2)cc1F. The summed E-state index contributed by atoms with van der Waals surface area (Å²) in [6.07, 6.45) is 1.35. The van der Waals surface area contributed by atoms with Crippen LogP contribution in [0.3, 0.4) is 0 Å². The molecule has 1 aromatic carbocycles. The van der Waals surface area contributed by atoms with Gasteiger partial charge in [0, 0.05) is 11.6 Å². The van der Waals surface area contributed by atoms with Crippen molar-refractivity contribution in [1.82, 2.24) is 20.7 Å². The predicted molar refractivity (Wildman–Crippen MR) is 108 cm³/mol. The van der Waals surface area contributed by atoms with E-state index in [0.717, 1.165) is 0 Å². The number of aromatic nitrogens is 3. The molecule has 0 aliphatic carbocycles. The van der Waals surface area contributed by atoms with E-state index in [1.165, 1.54) is 12.3 Å². The van der Waals surface area contributed by atoms with Crippen LogP contribution in [0.1, 0.15) is 42.5 Å². The van der Waals surface area contributed by atoms with E-state index >= 15 is 0 Å². The molecular formula is C20H23FN6O2. The van der Waals surface area contributed by atoms with Crippen molar-refractivity contribution in [2.75, 3.05) is 5.32 Å². The van der Waals surface area contributed by atoms with Crippen molar-refractivity contribution >= 4 is 17.7 Å². The van der Waals surface area contributed by atoms with Gasteiger partial charge in [-0.3, -0.25) is 15.2 Å². The van der Waals surface area contributed by atoms with E-state index in [9.17, 15) is 9.18 Å². The first-order valence-electron chi connectivity index (χ1n) is 9.04. The first-order valence-corrected chi connectivity index (χ1v) is 9.04. The summed E-state index contributed by atoms with van der Waals surface area (Å²) in [7, 11) is 0. The minimum atomic E-state index is -0.460. The second-order valence-electron chi connectivity index (χ2n) is 7.64. The van der Waals surface area contributed by atoms with Crippen molar-refractivity contribution in [1.29, 1.82) is 0 Å². The molecule has 0 bridgehead atoms. The monoisotopic (exact) mass is 398 g/mol. The van der Waals surface area contributed by atoms with Crippen molar-refractivity contribution in [3.05, 3.63) is 53.2 Å². The van der Waals surface area contributed by atoms with Crippen LogP contribution in [-0.4, -0.2) is 32.8 Å². The fourth-order valence-corrected chi connectivity index (χ4v) is 2.53. The van der Waals surface area contributed by atoms with Gasteiger partial charge in [0.15, 0.2) is 5.82 Å². The van der Waals surface area contributed by atoms with Crippen LogP contribution in [0.25, 0.3) is 11.3 Å². The number of rotatable bonds is 3. The third kappa shape index (κ3) is 5.07. The number of aliphatic imine (C=N–C) groups is 1. The Labute approximate surface area is 167 Å². The van der Waals surface area contributed by atoms with Gasteiger partial charge in [0.2, 0.25) is 5.96 Å². The standard InChI is InChI=1S/C20H23FN6O2/c1-11-6-7-13(8-15(11)21)16-9-17(27-26-16)23-19(25-20(3,4)5)24-18(28)14-10-22-29-12(14)2/h6-10H,1-5H3,(H3,23,24,25,26,27,28). The molecule has 0 unspecified atom stereocenters. The molecule has 9 heteroatoms. The molecule has 3 rings (SSSR count). The molecule has 152 valence electrons. The molecular weight excluding hydrogens is 375 g/mol. The molecule has 3 N–H and O–H groups in total. The van der Waals surface area contributed by atoms with Gasteiger partial charge >= 0.3 is 0 Å². The van der Waals surface area contributed by atoms with E-state index in [4.69, 9.17) is 4.52 Å². The Morgan fingerprint density at radius 2 is 2.00 bits per heavy atom. The fraction of sp³-hybridized carbons (Fsp3) is 0.300. The number of carbonyl (C=O) groups is 1. The maximum atomic E-state index is 13.8. The Morgan fingerprint density at radius 3 is 2.62 bits per heavy atom. The van der Waals surface area contributed by atoms with Crippen LogP contribution in [0.5, 0.6) is 0 Å². The van der Waals surface area contributed by atoms with Gasteiger partial charge in [-0.2, -0.15) is 5.10 Å². The van der Waals surface area contributed by atoms with E-state index in [-0.39, 0.29) is 11.8 Å². The molecule has 0 aliphatic heterocycles. The fourth-order valence-electron chi connectivity index (χ4n) is 2.53. The number of anilines is 1. The number of nitrogens with zero attached hydrogens (tertiary/aromatic N) is 3. The lowest BCUT2D eigenvalue weighted by Gasteiger charge is -2.16. The van der Waals surface area contributed by atoms with Crippen molar-refractivity contribution in [3.63, 3.8) is 0 Å². The lowest BCUT2D eigenvalue weighted by molar-refractivity contribution is 0.0975. The van der Waals surface area contributed by atoms with Gasteiger partial charge in [-0.15, -0.1) is 0 Å². The Balaban J connectivity index is 1.82. The number of hydrogen-bond acceptors (Lipinski definition) is 5. The van der Waals surface area contributed by atoms with Crippen molar-refractivity contribution in [3.8, 4) is 11.3 Å². The van der Waals surface area contributed by atoms with Gasteiger partial charge in [-0.05, 0) is 46.2 Å². The Bertz CT molecular complexity index is 1060. The molecule has 3 aromatic rings. The molecule has 2 heterocycles. The molecule has 0 spiro atoms. The number of benzene rings is 1. The zero-order chi connectivity index (χ0) is 21.2. The summed E-state index contributed by atoms with van der Waals surface area (Å²) in [6, 6.07) is 6.65. The summed E-state index contributed by atoms with van der Waals surface area (Å²) in [4.78, 5) is 17.0. The smallest absolute Gasteiger partial charge is 0.263 e. The van der Waals surface area contributed by atoms with Crippen LogP contribution in [0.4, 0.5) is 10.2 Å². The molecule has 0 aliphatic rings. The summed E-state index contributed by atoms with van der Waals surface area (Å²) in [5.41, 5.74) is 1.71. The highest BCUT2D eigenvalue weighted by Crippen LogP contribution is 2.22. The van der Waals surface area contributed by atoms with Gasteiger partial charge in [-0.25, -0.2) is 9.38 Å². The second kappa shape index (κ2) is 7.86. The number of aryl methyl sites for hydroxylation is 2. The maximum absolute atomic E-state index is 13.8. The summed E-state index contributed by atoms with van der Waals surface area (Å²) in [6.45, 7) is 9.05. The Morgan fingerprint density at radius 1 is 1.24 bits per heavy atom. The van der Waals surface area contributed by atoms with E-state index in [1.807, 2.05) is 20.8 Å². The van der Waals surface area contributed by atoms with Gasteiger partial charge in [0.05, 0.1) is 17.4 Å². The van der Waals surface area contributed by atoms with Crippen LogP contribution in [0.15, 0.2) is 40.0 Å². The Hall–Kier alpha value is -3.49. The molecule has 29 heavy (non-hydrogen) atoms. The first kappa shape index (κ1) is 20.2. The summed E-state index contributed by atoms with van der Waals surface area (Å²) in [5.74, 6) is 0.345. The van der Waals surface area contributed by atoms with Crippen LogP contribution in [0.2, 0.25) is 0 Å².